The summed E-state index contributed by atoms with van der Waals surface area (Å²) >= 11 is 7.50. The van der Waals surface area contributed by atoms with Gasteiger partial charge in [0, 0.05) is 18.0 Å². The quantitative estimate of drug-likeness (QED) is 0.911. The Bertz CT molecular complexity index is 444. The van der Waals surface area contributed by atoms with Crippen LogP contribution in [-0.2, 0) is 11.3 Å². The Kier molecular flexibility index (Phi) is 6.79. The summed E-state index contributed by atoms with van der Waals surface area (Å²) in [7, 11) is 0. The molecule has 1 unspecified atom stereocenters. The van der Waals surface area contributed by atoms with Crippen LogP contribution in [-0.4, -0.2) is 30.4 Å². The van der Waals surface area contributed by atoms with Crippen molar-refractivity contribution in [2.24, 2.45) is 5.41 Å². The molecule has 0 spiro atoms. The first kappa shape index (κ1) is 17.8. The van der Waals surface area contributed by atoms with Gasteiger partial charge in [-0.25, -0.2) is 0 Å². The summed E-state index contributed by atoms with van der Waals surface area (Å²) in [5, 5.41) is 3.34. The van der Waals surface area contributed by atoms with E-state index in [0.29, 0.717) is 6.54 Å². The normalized spacial score (nSPS) is 22.1. The second kappa shape index (κ2) is 7.64. The predicted molar refractivity (Wildman–Crippen MR) is 87.9 cm³/mol. The predicted octanol–water partition coefficient (Wildman–Crippen LogP) is 3.56. The Labute approximate surface area is 136 Å². The van der Waals surface area contributed by atoms with E-state index in [4.69, 9.17) is 11.6 Å². The highest BCUT2D eigenvalue weighted by molar-refractivity contribution is 7.16. The smallest absolute Gasteiger partial charge is 0.230 e. The minimum absolute atomic E-state index is 0. The van der Waals surface area contributed by atoms with Crippen LogP contribution in [0.15, 0.2) is 12.1 Å². The first-order valence-electron chi connectivity index (χ1n) is 6.79. The van der Waals surface area contributed by atoms with Gasteiger partial charge in [0.15, 0.2) is 0 Å². The van der Waals surface area contributed by atoms with Gasteiger partial charge in [0.25, 0.3) is 0 Å². The van der Waals surface area contributed by atoms with Crippen molar-refractivity contribution in [1.29, 1.82) is 0 Å². The van der Waals surface area contributed by atoms with Gasteiger partial charge >= 0.3 is 0 Å². The Balaban J connectivity index is 0.00000200. The van der Waals surface area contributed by atoms with Crippen LogP contribution in [0.4, 0.5) is 0 Å². The van der Waals surface area contributed by atoms with Gasteiger partial charge in [-0.15, -0.1) is 23.7 Å². The molecule has 0 aromatic carbocycles. The molecule has 1 amide bonds. The highest BCUT2D eigenvalue weighted by atomic mass is 35.5. The van der Waals surface area contributed by atoms with Crippen LogP contribution in [0.3, 0.4) is 0 Å². The van der Waals surface area contributed by atoms with Crippen molar-refractivity contribution in [3.8, 4) is 0 Å². The zero-order valence-electron chi connectivity index (χ0n) is 11.9. The molecule has 0 aliphatic carbocycles. The van der Waals surface area contributed by atoms with E-state index < -0.39 is 0 Å². The van der Waals surface area contributed by atoms with E-state index in [1.165, 1.54) is 0 Å². The molecule has 1 aromatic heterocycles. The lowest BCUT2D eigenvalue weighted by Crippen LogP contribution is -2.49. The Morgan fingerprint density at radius 3 is 2.80 bits per heavy atom. The molecule has 1 aromatic rings. The number of nitrogens with one attached hydrogen (secondary N) is 1. The number of hydrogen-bond acceptors (Lipinski definition) is 3. The summed E-state index contributed by atoms with van der Waals surface area (Å²) in [5.74, 6) is 0.256. The summed E-state index contributed by atoms with van der Waals surface area (Å²) in [5.41, 5.74) is -0.255. The highest BCUT2D eigenvalue weighted by Gasteiger charge is 2.37. The molecular formula is C14H22Cl2N2OS. The molecule has 20 heavy (non-hydrogen) atoms. The van der Waals surface area contributed by atoms with Gasteiger partial charge < -0.3 is 10.2 Å². The molecule has 1 fully saturated rings. The zero-order valence-corrected chi connectivity index (χ0v) is 14.3. The SMILES string of the molecule is CCN(Cc1ccc(Cl)s1)C(=O)C1(C)CCCNC1.Cl. The van der Waals surface area contributed by atoms with Crippen molar-refractivity contribution in [2.45, 2.75) is 33.2 Å². The number of thiophene rings is 1. The van der Waals surface area contributed by atoms with Crippen LogP contribution < -0.4 is 5.32 Å². The van der Waals surface area contributed by atoms with E-state index in [1.807, 2.05) is 24.0 Å². The van der Waals surface area contributed by atoms with Gasteiger partial charge in [0.05, 0.1) is 16.3 Å². The minimum atomic E-state index is -0.255. The van der Waals surface area contributed by atoms with Crippen molar-refractivity contribution in [2.75, 3.05) is 19.6 Å². The van der Waals surface area contributed by atoms with Crippen molar-refractivity contribution in [3.63, 3.8) is 0 Å². The molecule has 3 nitrogen and oxygen atoms in total. The monoisotopic (exact) mass is 336 g/mol. The molecule has 2 rings (SSSR count). The topological polar surface area (TPSA) is 32.3 Å². The second-order valence-electron chi connectivity index (χ2n) is 5.37. The molecule has 0 saturated carbocycles. The molecule has 1 N–H and O–H groups in total. The van der Waals surface area contributed by atoms with Gasteiger partial charge in [0.2, 0.25) is 5.91 Å². The Hall–Kier alpha value is -0.290. The average Bonchev–Trinajstić information content (AvgIpc) is 2.81. The maximum absolute atomic E-state index is 12.7. The number of halogens is 2. The summed E-state index contributed by atoms with van der Waals surface area (Å²) in [6, 6.07) is 3.90. The fourth-order valence-corrected chi connectivity index (χ4v) is 3.68. The molecule has 1 aliphatic heterocycles. The van der Waals surface area contributed by atoms with E-state index in [1.54, 1.807) is 11.3 Å². The van der Waals surface area contributed by atoms with Crippen LogP contribution in [0.1, 0.15) is 31.6 Å². The molecule has 2 heterocycles. The highest BCUT2D eigenvalue weighted by Crippen LogP contribution is 2.30. The van der Waals surface area contributed by atoms with Crippen molar-refractivity contribution < 1.29 is 4.79 Å². The molecular weight excluding hydrogens is 315 g/mol. The number of carbonyl (C=O) groups is 1. The van der Waals surface area contributed by atoms with Crippen LogP contribution in [0.5, 0.6) is 0 Å². The second-order valence-corrected chi connectivity index (χ2v) is 7.17. The minimum Gasteiger partial charge on any atom is -0.337 e. The van der Waals surface area contributed by atoms with Crippen LogP contribution in [0.25, 0.3) is 0 Å². The third kappa shape index (κ3) is 4.10. The standard InChI is InChI=1S/C14H21ClN2OS.ClH/c1-3-17(9-11-5-6-12(15)19-11)13(18)14(2)7-4-8-16-10-14;/h5-6,16H,3-4,7-10H2,1-2H3;1H. The maximum atomic E-state index is 12.7. The van der Waals surface area contributed by atoms with Gasteiger partial charge in [-0.3, -0.25) is 4.79 Å². The number of piperidine rings is 1. The van der Waals surface area contributed by atoms with E-state index in [2.05, 4.69) is 12.2 Å². The van der Waals surface area contributed by atoms with Gasteiger partial charge in [-0.2, -0.15) is 0 Å². The van der Waals surface area contributed by atoms with Crippen molar-refractivity contribution in [1.82, 2.24) is 10.2 Å². The molecule has 1 saturated heterocycles. The van der Waals surface area contributed by atoms with Gasteiger partial charge in [0.1, 0.15) is 0 Å². The summed E-state index contributed by atoms with van der Waals surface area (Å²) in [4.78, 5) is 15.8. The lowest BCUT2D eigenvalue weighted by Gasteiger charge is -2.37. The number of carbonyl (C=O) groups excluding carboxylic acids is 1. The first-order chi connectivity index (χ1) is 9.05. The Morgan fingerprint density at radius 1 is 1.55 bits per heavy atom. The molecule has 1 atom stereocenters. The first-order valence-corrected chi connectivity index (χ1v) is 7.99. The van der Waals surface area contributed by atoms with Crippen LogP contribution in [0.2, 0.25) is 4.34 Å². The number of amides is 1. The fraction of sp³-hybridized carbons (Fsp3) is 0.643. The lowest BCUT2D eigenvalue weighted by molar-refractivity contribution is -0.142. The molecule has 114 valence electrons. The third-order valence-electron chi connectivity index (χ3n) is 3.76. The summed E-state index contributed by atoms with van der Waals surface area (Å²) in [6.07, 6.45) is 2.05. The van der Waals surface area contributed by atoms with Gasteiger partial charge in [-0.1, -0.05) is 11.6 Å². The molecule has 6 heteroatoms. The number of rotatable bonds is 4. The molecule has 0 bridgehead atoms. The maximum Gasteiger partial charge on any atom is 0.230 e. The molecule has 1 aliphatic rings. The average molecular weight is 337 g/mol. The van der Waals surface area contributed by atoms with Gasteiger partial charge in [-0.05, 0) is 45.4 Å². The van der Waals surface area contributed by atoms with E-state index in [-0.39, 0.29) is 23.7 Å². The Morgan fingerprint density at radius 2 is 2.30 bits per heavy atom. The summed E-state index contributed by atoms with van der Waals surface area (Å²) in [6.45, 7) is 7.33. The number of nitrogens with zero attached hydrogens (tertiary/aromatic N) is 1. The largest absolute Gasteiger partial charge is 0.337 e. The van der Waals surface area contributed by atoms with Crippen molar-refractivity contribution in [3.05, 3.63) is 21.3 Å². The van der Waals surface area contributed by atoms with Crippen LogP contribution >= 0.6 is 35.3 Å². The third-order valence-corrected chi connectivity index (χ3v) is 4.97. The zero-order chi connectivity index (χ0) is 13.9. The lowest BCUT2D eigenvalue weighted by atomic mass is 9.81. The molecule has 0 radical (unpaired) electrons. The van der Waals surface area contributed by atoms with Crippen LogP contribution in [0, 0.1) is 5.41 Å². The van der Waals surface area contributed by atoms with E-state index in [9.17, 15) is 4.79 Å². The summed E-state index contributed by atoms with van der Waals surface area (Å²) < 4.78 is 0.782. The van der Waals surface area contributed by atoms with Crippen molar-refractivity contribution >= 4 is 41.3 Å². The van der Waals surface area contributed by atoms with E-state index in [0.717, 1.165) is 41.7 Å². The van der Waals surface area contributed by atoms with E-state index >= 15 is 0 Å². The fourth-order valence-electron chi connectivity index (χ4n) is 2.57. The number of hydrogen-bond donors (Lipinski definition) is 1.